The SMILES string of the molecule is CCCCCOc1ccc(C2c3c(oc4ccc(F)cc4c3=O)C(=O)N2c2ccc(OC)c(Cl)c2)cc1. The Kier molecular flexibility index (Phi) is 6.89. The third kappa shape index (κ3) is 4.55. The van der Waals surface area contributed by atoms with Crippen molar-refractivity contribution in [2.45, 2.75) is 32.2 Å². The summed E-state index contributed by atoms with van der Waals surface area (Å²) in [6.07, 6.45) is 3.14. The van der Waals surface area contributed by atoms with E-state index in [9.17, 15) is 14.0 Å². The van der Waals surface area contributed by atoms with Gasteiger partial charge in [0.05, 0.1) is 35.7 Å². The fraction of sp³-hybridized carbons (Fsp3) is 0.241. The molecule has 1 amide bonds. The maximum atomic E-state index is 14.0. The van der Waals surface area contributed by atoms with E-state index in [2.05, 4.69) is 6.92 Å². The minimum Gasteiger partial charge on any atom is -0.495 e. The van der Waals surface area contributed by atoms with E-state index in [1.807, 2.05) is 24.3 Å². The molecule has 0 N–H and O–H groups in total. The second kappa shape index (κ2) is 10.3. The van der Waals surface area contributed by atoms with Gasteiger partial charge in [-0.1, -0.05) is 43.5 Å². The number of benzene rings is 3. The fourth-order valence-electron chi connectivity index (χ4n) is 4.62. The van der Waals surface area contributed by atoms with Crippen molar-refractivity contribution in [3.63, 3.8) is 0 Å². The Morgan fingerprint density at radius 3 is 2.51 bits per heavy atom. The van der Waals surface area contributed by atoms with Crippen LogP contribution in [0.5, 0.6) is 11.5 Å². The van der Waals surface area contributed by atoms with Gasteiger partial charge in [-0.15, -0.1) is 0 Å². The molecule has 1 aliphatic rings. The number of unbranched alkanes of at least 4 members (excludes halogenated alkanes) is 2. The lowest BCUT2D eigenvalue weighted by Gasteiger charge is -2.26. The smallest absolute Gasteiger partial charge is 0.295 e. The lowest BCUT2D eigenvalue weighted by Crippen LogP contribution is -2.29. The summed E-state index contributed by atoms with van der Waals surface area (Å²) >= 11 is 6.38. The normalized spacial score (nSPS) is 14.8. The molecule has 0 aliphatic carbocycles. The maximum absolute atomic E-state index is 14.0. The molecule has 1 atom stereocenters. The molecule has 0 saturated carbocycles. The number of rotatable bonds is 8. The van der Waals surface area contributed by atoms with E-state index in [1.165, 1.54) is 24.1 Å². The number of fused-ring (bicyclic) bond motifs is 2. The molecule has 0 fully saturated rings. The highest BCUT2D eigenvalue weighted by Gasteiger charge is 2.43. The standard InChI is InChI=1S/C29H25ClFNO5/c1-3-4-5-14-36-20-10-6-17(7-11-20)26-25-27(33)21-15-18(31)8-12-23(21)37-28(25)29(34)32(26)19-9-13-24(35-2)22(30)16-19/h6-13,15-16,26H,3-5,14H2,1-2H3. The van der Waals surface area contributed by atoms with Gasteiger partial charge >= 0.3 is 0 Å². The van der Waals surface area contributed by atoms with E-state index < -0.39 is 23.2 Å². The summed E-state index contributed by atoms with van der Waals surface area (Å²) in [5.74, 6) is -0.00319. The van der Waals surface area contributed by atoms with Crippen molar-refractivity contribution < 1.29 is 23.1 Å². The highest BCUT2D eigenvalue weighted by atomic mass is 35.5. The van der Waals surface area contributed by atoms with Crippen LogP contribution < -0.4 is 19.8 Å². The van der Waals surface area contributed by atoms with Crippen LogP contribution >= 0.6 is 11.6 Å². The van der Waals surface area contributed by atoms with Crippen LogP contribution in [-0.4, -0.2) is 19.6 Å². The molecule has 1 unspecified atom stereocenters. The number of amides is 1. The van der Waals surface area contributed by atoms with Crippen LogP contribution in [0.3, 0.4) is 0 Å². The van der Waals surface area contributed by atoms with Gasteiger partial charge < -0.3 is 13.9 Å². The molecule has 6 nitrogen and oxygen atoms in total. The van der Waals surface area contributed by atoms with E-state index in [-0.39, 0.29) is 22.3 Å². The molecule has 5 rings (SSSR count). The van der Waals surface area contributed by atoms with Gasteiger partial charge in [-0.25, -0.2) is 4.39 Å². The van der Waals surface area contributed by atoms with Gasteiger partial charge in [-0.2, -0.15) is 0 Å². The zero-order valence-electron chi connectivity index (χ0n) is 20.4. The van der Waals surface area contributed by atoms with Gasteiger partial charge in [-0.05, 0) is 60.5 Å². The number of hydrogen-bond donors (Lipinski definition) is 0. The van der Waals surface area contributed by atoms with E-state index in [0.29, 0.717) is 34.4 Å². The van der Waals surface area contributed by atoms with Crippen LogP contribution in [0.25, 0.3) is 11.0 Å². The molecule has 3 aromatic carbocycles. The first kappa shape index (κ1) is 24.8. The van der Waals surface area contributed by atoms with Crippen molar-refractivity contribution in [2.24, 2.45) is 0 Å². The first-order valence-electron chi connectivity index (χ1n) is 12.1. The quantitative estimate of drug-likeness (QED) is 0.236. The summed E-state index contributed by atoms with van der Waals surface area (Å²) in [6.45, 7) is 2.74. The van der Waals surface area contributed by atoms with Crippen LogP contribution in [0, 0.1) is 5.82 Å². The summed E-state index contributed by atoms with van der Waals surface area (Å²) in [6, 6.07) is 15.1. The predicted octanol–water partition coefficient (Wildman–Crippen LogP) is 6.91. The van der Waals surface area contributed by atoms with Crippen molar-refractivity contribution in [2.75, 3.05) is 18.6 Å². The molecule has 0 bridgehead atoms. The van der Waals surface area contributed by atoms with Crippen molar-refractivity contribution in [1.29, 1.82) is 0 Å². The molecular formula is C29H25ClFNO5. The molecule has 4 aromatic rings. The summed E-state index contributed by atoms with van der Waals surface area (Å²) in [5.41, 5.74) is 0.954. The van der Waals surface area contributed by atoms with Crippen LogP contribution in [0.2, 0.25) is 5.02 Å². The number of carbonyl (C=O) groups is 1. The number of carbonyl (C=O) groups excluding carboxylic acids is 1. The van der Waals surface area contributed by atoms with Gasteiger partial charge in [-0.3, -0.25) is 14.5 Å². The Morgan fingerprint density at radius 2 is 1.81 bits per heavy atom. The largest absolute Gasteiger partial charge is 0.495 e. The Hall–Kier alpha value is -3.84. The summed E-state index contributed by atoms with van der Waals surface area (Å²) in [4.78, 5) is 28.8. The minimum absolute atomic E-state index is 0.0713. The number of nitrogens with zero attached hydrogens (tertiary/aromatic N) is 1. The van der Waals surface area contributed by atoms with Gasteiger partial charge in [0, 0.05) is 5.69 Å². The van der Waals surface area contributed by atoms with Crippen molar-refractivity contribution in [3.05, 3.63) is 98.6 Å². The van der Waals surface area contributed by atoms with E-state index in [1.54, 1.807) is 18.2 Å². The maximum Gasteiger partial charge on any atom is 0.295 e. The number of hydrogen-bond acceptors (Lipinski definition) is 5. The topological polar surface area (TPSA) is 69.0 Å². The van der Waals surface area contributed by atoms with E-state index >= 15 is 0 Å². The van der Waals surface area contributed by atoms with Crippen LogP contribution in [0.15, 0.2) is 69.9 Å². The zero-order valence-corrected chi connectivity index (χ0v) is 21.2. The molecule has 8 heteroatoms. The molecule has 0 saturated heterocycles. The Morgan fingerprint density at radius 1 is 1.03 bits per heavy atom. The van der Waals surface area contributed by atoms with Gasteiger partial charge in [0.25, 0.3) is 5.91 Å². The molecule has 0 radical (unpaired) electrons. The van der Waals surface area contributed by atoms with Crippen molar-refractivity contribution in [1.82, 2.24) is 0 Å². The first-order valence-corrected chi connectivity index (χ1v) is 12.5. The van der Waals surface area contributed by atoms with Crippen molar-refractivity contribution in [3.8, 4) is 11.5 Å². The molecule has 0 spiro atoms. The van der Waals surface area contributed by atoms with E-state index in [0.717, 1.165) is 25.3 Å². The highest BCUT2D eigenvalue weighted by Crippen LogP contribution is 2.43. The first-order chi connectivity index (χ1) is 17.9. The summed E-state index contributed by atoms with van der Waals surface area (Å²) < 4.78 is 31.0. The van der Waals surface area contributed by atoms with Crippen molar-refractivity contribution >= 4 is 34.2 Å². The van der Waals surface area contributed by atoms with Gasteiger partial charge in [0.2, 0.25) is 5.76 Å². The number of ether oxygens (including phenoxy) is 2. The Balaban J connectivity index is 1.63. The minimum atomic E-state index is -0.815. The Bertz CT molecular complexity index is 1530. The zero-order chi connectivity index (χ0) is 26.1. The molecule has 1 aliphatic heterocycles. The molecule has 37 heavy (non-hydrogen) atoms. The average Bonchev–Trinajstić information content (AvgIpc) is 3.19. The molecule has 1 aromatic heterocycles. The van der Waals surface area contributed by atoms with Gasteiger partial charge in [0.1, 0.15) is 22.9 Å². The molecule has 190 valence electrons. The molecular weight excluding hydrogens is 497 g/mol. The number of halogens is 2. The lowest BCUT2D eigenvalue weighted by molar-refractivity contribution is 0.0971. The fourth-order valence-corrected chi connectivity index (χ4v) is 4.87. The second-order valence-corrected chi connectivity index (χ2v) is 9.24. The summed E-state index contributed by atoms with van der Waals surface area (Å²) in [5, 5.41) is 0.381. The van der Waals surface area contributed by atoms with E-state index in [4.69, 9.17) is 25.5 Å². The third-order valence-electron chi connectivity index (χ3n) is 6.46. The Labute approximate surface area is 218 Å². The molecule has 2 heterocycles. The number of methoxy groups -OCH3 is 1. The summed E-state index contributed by atoms with van der Waals surface area (Å²) in [7, 11) is 1.50. The third-order valence-corrected chi connectivity index (χ3v) is 6.75. The monoisotopic (exact) mass is 521 g/mol. The lowest BCUT2D eigenvalue weighted by atomic mass is 9.98. The average molecular weight is 522 g/mol. The highest BCUT2D eigenvalue weighted by molar-refractivity contribution is 6.32. The van der Waals surface area contributed by atoms with Gasteiger partial charge in [0.15, 0.2) is 5.43 Å². The number of anilines is 1. The van der Waals surface area contributed by atoms with Crippen LogP contribution in [0.1, 0.15) is 53.9 Å². The second-order valence-electron chi connectivity index (χ2n) is 8.84. The van der Waals surface area contributed by atoms with Crippen LogP contribution in [0.4, 0.5) is 10.1 Å². The predicted molar refractivity (Wildman–Crippen MR) is 141 cm³/mol. The van der Waals surface area contributed by atoms with Crippen LogP contribution in [-0.2, 0) is 0 Å².